The number of para-hydroxylation sites is 1. The van der Waals surface area contributed by atoms with Crippen molar-refractivity contribution in [3.63, 3.8) is 0 Å². The van der Waals surface area contributed by atoms with E-state index in [0.29, 0.717) is 0 Å². The molecule has 5 aromatic rings. The van der Waals surface area contributed by atoms with Gasteiger partial charge in [0, 0.05) is 30.3 Å². The molecule has 1 aliphatic rings. The monoisotopic (exact) mass is 484 g/mol. The van der Waals surface area contributed by atoms with Crippen molar-refractivity contribution in [2.24, 2.45) is 5.92 Å². The third-order valence-corrected chi connectivity index (χ3v) is 8.53. The predicted molar refractivity (Wildman–Crippen MR) is 143 cm³/mol. The highest BCUT2D eigenvalue weighted by Crippen LogP contribution is 2.33. The lowest BCUT2D eigenvalue weighted by Crippen LogP contribution is -2.38. The number of amides is 1. The number of piperidine rings is 1. The smallest absolute Gasteiger partial charge is 0.227 e. The zero-order valence-corrected chi connectivity index (χ0v) is 20.5. The van der Waals surface area contributed by atoms with Crippen molar-refractivity contribution in [1.82, 2.24) is 9.97 Å². The van der Waals surface area contributed by atoms with Crippen LogP contribution in [-0.2, 0) is 4.79 Å². The van der Waals surface area contributed by atoms with E-state index in [1.807, 2.05) is 36.4 Å². The molecule has 170 valence electrons. The summed E-state index contributed by atoms with van der Waals surface area (Å²) in [5.41, 5.74) is 5.22. The Bertz CT molecular complexity index is 1450. The van der Waals surface area contributed by atoms with Crippen LogP contribution in [0.1, 0.15) is 18.4 Å². The summed E-state index contributed by atoms with van der Waals surface area (Å²) in [5.74, 6) is 0.130. The van der Waals surface area contributed by atoms with Crippen molar-refractivity contribution >= 4 is 59.8 Å². The van der Waals surface area contributed by atoms with E-state index < -0.39 is 0 Å². The number of carbonyl (C=O) groups excluding carboxylic acids is 1. The van der Waals surface area contributed by atoms with Crippen LogP contribution in [0, 0.1) is 12.8 Å². The van der Waals surface area contributed by atoms with E-state index in [-0.39, 0.29) is 11.8 Å². The number of hydrogen-bond donors (Lipinski definition) is 1. The first-order valence-corrected chi connectivity index (χ1v) is 13.1. The van der Waals surface area contributed by atoms with Gasteiger partial charge < -0.3 is 10.2 Å². The van der Waals surface area contributed by atoms with Gasteiger partial charge in [-0.15, -0.1) is 11.3 Å². The number of aryl methyl sites for hydroxylation is 1. The number of rotatable bonds is 4. The molecule has 0 atom stereocenters. The second-order valence-electron chi connectivity index (χ2n) is 8.78. The first-order chi connectivity index (χ1) is 16.6. The Labute approximate surface area is 206 Å². The van der Waals surface area contributed by atoms with Gasteiger partial charge in [-0.1, -0.05) is 29.5 Å². The second-order valence-corrected chi connectivity index (χ2v) is 10.8. The zero-order valence-electron chi connectivity index (χ0n) is 18.8. The molecule has 0 aliphatic carbocycles. The highest BCUT2D eigenvalue weighted by atomic mass is 32.1. The Morgan fingerprint density at radius 3 is 2.47 bits per heavy atom. The van der Waals surface area contributed by atoms with Crippen molar-refractivity contribution in [3.8, 4) is 10.6 Å². The van der Waals surface area contributed by atoms with Crippen LogP contribution in [-0.4, -0.2) is 29.0 Å². The Morgan fingerprint density at radius 2 is 1.68 bits per heavy atom. The molecule has 34 heavy (non-hydrogen) atoms. The topological polar surface area (TPSA) is 58.1 Å². The minimum absolute atomic E-state index is 0.0257. The molecule has 3 heterocycles. The number of fused-ring (bicyclic) bond motifs is 2. The Morgan fingerprint density at radius 1 is 0.912 bits per heavy atom. The van der Waals surface area contributed by atoms with Crippen LogP contribution in [0.5, 0.6) is 0 Å². The van der Waals surface area contributed by atoms with Gasteiger partial charge in [-0.25, -0.2) is 9.97 Å². The van der Waals surface area contributed by atoms with Crippen molar-refractivity contribution in [2.75, 3.05) is 23.3 Å². The summed E-state index contributed by atoms with van der Waals surface area (Å²) in [6.07, 6.45) is 1.68. The van der Waals surface area contributed by atoms with Crippen LogP contribution in [0.3, 0.4) is 0 Å². The number of hydrogen-bond acceptors (Lipinski definition) is 6. The Kier molecular flexibility index (Phi) is 5.51. The van der Waals surface area contributed by atoms with Gasteiger partial charge >= 0.3 is 0 Å². The molecule has 5 nitrogen and oxygen atoms in total. The van der Waals surface area contributed by atoms with E-state index in [0.717, 1.165) is 58.4 Å². The van der Waals surface area contributed by atoms with Gasteiger partial charge in [-0.2, -0.15) is 0 Å². The molecular formula is C27H24N4OS2. The SMILES string of the molecule is Cc1ccc2nc(-c3ccc(NC(=O)C4CCN(c5nc6ccccc6s5)CC4)cc3)sc2c1. The molecule has 3 aromatic carbocycles. The van der Waals surface area contributed by atoms with Gasteiger partial charge in [0.25, 0.3) is 0 Å². The first-order valence-electron chi connectivity index (χ1n) is 11.5. The summed E-state index contributed by atoms with van der Waals surface area (Å²) in [4.78, 5) is 24.7. The standard InChI is InChI=1S/C27H24N4OS2/c1-17-6-11-22-24(16-17)33-26(29-22)19-7-9-20(10-8-19)28-25(32)18-12-14-31(15-13-18)27-30-21-4-2-3-5-23(21)34-27/h2-11,16,18H,12-15H2,1H3,(H,28,32). The summed E-state index contributed by atoms with van der Waals surface area (Å²) < 4.78 is 2.41. The van der Waals surface area contributed by atoms with Crippen molar-refractivity contribution in [2.45, 2.75) is 19.8 Å². The molecule has 1 N–H and O–H groups in total. The van der Waals surface area contributed by atoms with Gasteiger partial charge in [0.05, 0.1) is 20.4 Å². The summed E-state index contributed by atoms with van der Waals surface area (Å²) in [7, 11) is 0. The first kappa shape index (κ1) is 21.3. The van der Waals surface area contributed by atoms with E-state index in [9.17, 15) is 4.79 Å². The molecule has 0 saturated carbocycles. The lowest BCUT2D eigenvalue weighted by Gasteiger charge is -2.31. The minimum Gasteiger partial charge on any atom is -0.348 e. The second kappa shape index (κ2) is 8.81. The lowest BCUT2D eigenvalue weighted by molar-refractivity contribution is -0.120. The predicted octanol–water partition coefficient (Wildman–Crippen LogP) is 6.74. The Hall–Kier alpha value is -3.29. The van der Waals surface area contributed by atoms with Gasteiger partial charge in [-0.05, 0) is 73.9 Å². The van der Waals surface area contributed by atoms with Crippen LogP contribution < -0.4 is 10.2 Å². The van der Waals surface area contributed by atoms with Crippen LogP contribution in [0.2, 0.25) is 0 Å². The van der Waals surface area contributed by atoms with Crippen molar-refractivity contribution < 1.29 is 4.79 Å². The average molecular weight is 485 g/mol. The van der Waals surface area contributed by atoms with E-state index in [2.05, 4.69) is 47.5 Å². The number of aromatic nitrogens is 2. The molecule has 6 rings (SSSR count). The van der Waals surface area contributed by atoms with Crippen LogP contribution in [0.4, 0.5) is 10.8 Å². The fraction of sp³-hybridized carbons (Fsp3) is 0.222. The normalized spacial score (nSPS) is 14.7. The van der Waals surface area contributed by atoms with Gasteiger partial charge in [0.1, 0.15) is 5.01 Å². The maximum atomic E-state index is 12.9. The molecule has 0 unspecified atom stereocenters. The van der Waals surface area contributed by atoms with Crippen LogP contribution >= 0.6 is 22.7 Å². The van der Waals surface area contributed by atoms with Crippen LogP contribution in [0.15, 0.2) is 66.7 Å². The molecule has 2 aromatic heterocycles. The number of carbonyl (C=O) groups is 1. The highest BCUT2D eigenvalue weighted by molar-refractivity contribution is 7.22. The van der Waals surface area contributed by atoms with E-state index in [4.69, 9.17) is 9.97 Å². The number of nitrogens with zero attached hydrogens (tertiary/aromatic N) is 3. The fourth-order valence-electron chi connectivity index (χ4n) is 4.42. The number of thiazole rings is 2. The minimum atomic E-state index is 0.0257. The third-order valence-electron chi connectivity index (χ3n) is 6.36. The lowest BCUT2D eigenvalue weighted by atomic mass is 9.96. The Balaban J connectivity index is 1.08. The maximum absolute atomic E-state index is 12.9. The van der Waals surface area contributed by atoms with Gasteiger partial charge in [0.15, 0.2) is 5.13 Å². The number of anilines is 2. The van der Waals surface area contributed by atoms with E-state index >= 15 is 0 Å². The molecule has 1 saturated heterocycles. The fourth-order valence-corrected chi connectivity index (χ4v) is 6.51. The molecule has 7 heteroatoms. The zero-order chi connectivity index (χ0) is 23.1. The summed E-state index contributed by atoms with van der Waals surface area (Å²) >= 11 is 3.43. The van der Waals surface area contributed by atoms with Gasteiger partial charge in [0.2, 0.25) is 5.91 Å². The third kappa shape index (κ3) is 4.17. The number of nitrogens with one attached hydrogen (secondary N) is 1. The number of benzene rings is 3. The molecule has 0 spiro atoms. The van der Waals surface area contributed by atoms with E-state index in [1.165, 1.54) is 15.0 Å². The highest BCUT2D eigenvalue weighted by Gasteiger charge is 2.26. The quantitative estimate of drug-likeness (QED) is 0.307. The molecule has 1 amide bonds. The van der Waals surface area contributed by atoms with Crippen LogP contribution in [0.25, 0.3) is 31.0 Å². The average Bonchev–Trinajstić information content (AvgIpc) is 3.48. The molecule has 0 bridgehead atoms. The molecule has 1 aliphatic heterocycles. The molecular weight excluding hydrogens is 460 g/mol. The summed E-state index contributed by atoms with van der Waals surface area (Å²) in [5, 5.41) is 5.17. The van der Waals surface area contributed by atoms with Gasteiger partial charge in [-0.3, -0.25) is 4.79 Å². The summed E-state index contributed by atoms with van der Waals surface area (Å²) in [6, 6.07) is 22.6. The maximum Gasteiger partial charge on any atom is 0.227 e. The van der Waals surface area contributed by atoms with Crippen molar-refractivity contribution in [3.05, 3.63) is 72.3 Å². The largest absolute Gasteiger partial charge is 0.348 e. The van der Waals surface area contributed by atoms with Crippen molar-refractivity contribution in [1.29, 1.82) is 0 Å². The molecule has 1 fully saturated rings. The molecule has 0 radical (unpaired) electrons. The van der Waals surface area contributed by atoms with E-state index in [1.54, 1.807) is 22.7 Å². The summed E-state index contributed by atoms with van der Waals surface area (Å²) in [6.45, 7) is 3.81.